The van der Waals surface area contributed by atoms with Crippen LogP contribution in [0.3, 0.4) is 0 Å². The Kier molecular flexibility index (Phi) is 13.6. The van der Waals surface area contributed by atoms with Crippen molar-refractivity contribution in [3.63, 3.8) is 0 Å². The molecule has 0 spiro atoms. The van der Waals surface area contributed by atoms with Gasteiger partial charge < -0.3 is 14.5 Å². The van der Waals surface area contributed by atoms with Crippen LogP contribution in [0.5, 0.6) is 5.75 Å². The molecule has 0 fully saturated rings. The Morgan fingerprint density at radius 3 is 2.31 bits per heavy atom. The zero-order valence-electron chi connectivity index (χ0n) is 30.8. The number of hydrogen-bond donors (Lipinski definition) is 1. The molecule has 49 heavy (non-hydrogen) atoms. The molecular weight excluding hydrogens is 606 g/mol. The molecular formula is C43H58N3O3. The van der Waals surface area contributed by atoms with E-state index in [-0.39, 0.29) is 18.5 Å². The van der Waals surface area contributed by atoms with E-state index >= 15 is 0 Å². The maximum atomic E-state index is 13.2. The van der Waals surface area contributed by atoms with Crippen LogP contribution in [0.25, 0.3) is 11.1 Å². The van der Waals surface area contributed by atoms with Crippen molar-refractivity contribution in [2.45, 2.75) is 85.0 Å². The van der Waals surface area contributed by atoms with Crippen molar-refractivity contribution in [3.05, 3.63) is 107 Å². The summed E-state index contributed by atoms with van der Waals surface area (Å²) >= 11 is 0. The molecule has 0 aromatic heterocycles. The predicted octanol–water partition coefficient (Wildman–Crippen LogP) is 8.90. The molecule has 4 rings (SSSR count). The van der Waals surface area contributed by atoms with E-state index in [0.29, 0.717) is 44.2 Å². The van der Waals surface area contributed by atoms with Gasteiger partial charge in [-0.2, -0.15) is 0 Å². The van der Waals surface area contributed by atoms with Gasteiger partial charge >= 0.3 is 0 Å². The molecule has 0 saturated heterocycles. The fourth-order valence-corrected chi connectivity index (χ4v) is 6.05. The Hall–Kier alpha value is -4.03. The van der Waals surface area contributed by atoms with E-state index < -0.39 is 0 Å². The lowest BCUT2D eigenvalue weighted by Gasteiger charge is -2.23. The highest BCUT2D eigenvalue weighted by Crippen LogP contribution is 2.30. The van der Waals surface area contributed by atoms with Crippen LogP contribution in [0.4, 0.5) is 0 Å². The van der Waals surface area contributed by atoms with E-state index in [1.54, 1.807) is 4.90 Å². The molecule has 1 aliphatic carbocycles. The number of nitrogens with zero attached hydrogens (tertiary/aromatic N) is 2. The third-order valence-corrected chi connectivity index (χ3v) is 9.20. The van der Waals surface area contributed by atoms with Crippen LogP contribution in [0.15, 0.2) is 78.4 Å². The Balaban J connectivity index is 0.00000676. The first-order valence-electron chi connectivity index (χ1n) is 17.9. The summed E-state index contributed by atoms with van der Waals surface area (Å²) in [5.74, 6) is 1.70. The average Bonchev–Trinajstić information content (AvgIpc) is 3.91. The zero-order chi connectivity index (χ0) is 35.6. The normalized spacial score (nSPS) is 13.2. The average molecular weight is 665 g/mol. The lowest BCUT2D eigenvalue weighted by Crippen LogP contribution is -2.36. The summed E-state index contributed by atoms with van der Waals surface area (Å²) in [6, 6.07) is 23.5. The van der Waals surface area contributed by atoms with E-state index in [1.807, 2.05) is 39.6 Å². The molecule has 0 saturated carbocycles. The zero-order valence-corrected chi connectivity index (χ0v) is 30.8. The molecule has 1 radical (unpaired) electrons. The van der Waals surface area contributed by atoms with Crippen LogP contribution in [0.2, 0.25) is 0 Å². The summed E-state index contributed by atoms with van der Waals surface area (Å²) in [6.45, 7) is 12.7. The van der Waals surface area contributed by atoms with Crippen molar-refractivity contribution in [2.75, 3.05) is 33.8 Å². The Morgan fingerprint density at radius 1 is 0.939 bits per heavy atom. The second-order valence-corrected chi connectivity index (χ2v) is 14.8. The number of carbonyl (C=O) groups is 2. The number of hydrogen-bond acceptors (Lipinski definition) is 5. The van der Waals surface area contributed by atoms with Crippen molar-refractivity contribution in [1.29, 1.82) is 5.41 Å². The molecule has 0 heterocycles. The van der Waals surface area contributed by atoms with Crippen LogP contribution in [0.1, 0.15) is 84.0 Å². The number of ether oxygens (including phenoxy) is 1. The molecule has 1 aliphatic rings. The summed E-state index contributed by atoms with van der Waals surface area (Å²) in [5, 5.41) is 8.72. The van der Waals surface area contributed by atoms with Crippen LogP contribution in [-0.4, -0.2) is 61.1 Å². The topological polar surface area (TPSA) is 73.7 Å². The minimum Gasteiger partial charge on any atom is -0.492 e. The Labute approximate surface area is 296 Å². The van der Waals surface area contributed by atoms with E-state index in [9.17, 15) is 9.59 Å². The molecule has 263 valence electrons. The molecule has 6 heteroatoms. The molecule has 1 amide bonds. The second-order valence-electron chi connectivity index (χ2n) is 14.8. The van der Waals surface area contributed by atoms with Crippen LogP contribution >= 0.6 is 0 Å². The first-order chi connectivity index (χ1) is 23.3. The van der Waals surface area contributed by atoms with Crippen LogP contribution in [0, 0.1) is 17.7 Å². The number of aryl methyl sites for hydroxylation is 1. The lowest BCUT2D eigenvalue weighted by atomic mass is 9.86. The number of Topliss-reactive ketones (excluding diaryl/α,β-unsaturated/α-hetero) is 1. The molecule has 1 N–H and O–H groups in total. The van der Waals surface area contributed by atoms with Crippen molar-refractivity contribution >= 4 is 17.5 Å². The van der Waals surface area contributed by atoms with Gasteiger partial charge in [0.15, 0.2) is 5.78 Å². The van der Waals surface area contributed by atoms with Gasteiger partial charge in [-0.25, -0.2) is 0 Å². The summed E-state index contributed by atoms with van der Waals surface area (Å²) < 4.78 is 6.08. The van der Waals surface area contributed by atoms with Crippen molar-refractivity contribution in [2.24, 2.45) is 5.92 Å². The molecule has 3 aromatic rings. The van der Waals surface area contributed by atoms with E-state index in [4.69, 9.17) is 10.1 Å². The van der Waals surface area contributed by atoms with Crippen molar-refractivity contribution < 1.29 is 15.8 Å². The SMILES string of the molecule is CCN(C(=N)CCCc1cccc(-c2ccc(OCCN(C)C)c(CC(=O)C3=C[CH]3)c2)c1)C(=O)CCC(C)Cc1ccc(C(C)(C)C)cc1.[HH]. The van der Waals surface area contributed by atoms with E-state index in [0.717, 1.165) is 60.2 Å². The quantitative estimate of drug-likeness (QED) is 0.109. The number of ketones is 1. The van der Waals surface area contributed by atoms with Crippen molar-refractivity contribution in [3.8, 4) is 16.9 Å². The summed E-state index contributed by atoms with van der Waals surface area (Å²) in [7, 11) is 4.03. The highest BCUT2D eigenvalue weighted by Gasteiger charge is 2.21. The smallest absolute Gasteiger partial charge is 0.227 e. The fourth-order valence-electron chi connectivity index (χ4n) is 6.05. The Bertz CT molecular complexity index is 1620. The van der Waals surface area contributed by atoms with E-state index in [1.165, 1.54) is 16.7 Å². The van der Waals surface area contributed by atoms with E-state index in [2.05, 4.69) is 93.3 Å². The van der Waals surface area contributed by atoms with Gasteiger partial charge in [-0.3, -0.25) is 15.0 Å². The van der Waals surface area contributed by atoms with Gasteiger partial charge in [0.25, 0.3) is 0 Å². The molecule has 1 atom stereocenters. The number of nitrogens with one attached hydrogen (secondary N) is 1. The van der Waals surface area contributed by atoms with Crippen LogP contribution in [-0.2, 0) is 34.3 Å². The monoisotopic (exact) mass is 664 g/mol. The number of amidine groups is 1. The molecule has 0 aliphatic heterocycles. The molecule has 3 aromatic carbocycles. The largest absolute Gasteiger partial charge is 0.492 e. The molecule has 6 nitrogen and oxygen atoms in total. The number of likely N-dealkylation sites (N-methyl/N-ethyl adjacent to an activating group) is 1. The maximum absolute atomic E-state index is 13.2. The van der Waals surface area contributed by atoms with Crippen molar-refractivity contribution in [1.82, 2.24) is 9.80 Å². The number of rotatable bonds is 18. The number of allylic oxidation sites excluding steroid dienone is 2. The standard InChI is InChI=1S/C43H56N3O3.H2/c1-8-46(42(48)24-15-31(2)27-33-16-21-38(22-17-33)43(3,4)5)41(44)14-10-12-32-11-9-13-35(28-32)36-20-23-40(49-26-25-45(6)7)37(29-36)30-39(47)34-18-19-34;/h9,11,13,16-23,28-29,31,44H,8,10,12,14-15,24-27,30H2,1-7H3;1H. The molecule has 0 bridgehead atoms. The van der Waals surface area contributed by atoms with Gasteiger partial charge in [0, 0.05) is 45.8 Å². The minimum absolute atomic E-state index is 0. The highest BCUT2D eigenvalue weighted by molar-refractivity contribution is 6.04. The maximum Gasteiger partial charge on any atom is 0.227 e. The summed E-state index contributed by atoms with van der Waals surface area (Å²) in [6.07, 6.45) is 8.40. The number of benzene rings is 3. The third-order valence-electron chi connectivity index (χ3n) is 9.20. The summed E-state index contributed by atoms with van der Waals surface area (Å²) in [4.78, 5) is 29.5. The minimum atomic E-state index is 0. The summed E-state index contributed by atoms with van der Waals surface area (Å²) in [5.41, 5.74) is 7.78. The Morgan fingerprint density at radius 2 is 1.65 bits per heavy atom. The lowest BCUT2D eigenvalue weighted by molar-refractivity contribution is -0.127. The van der Waals surface area contributed by atoms with Gasteiger partial charge in [0.1, 0.15) is 18.2 Å². The number of carbonyl (C=O) groups excluding carboxylic acids is 2. The third kappa shape index (κ3) is 11.8. The number of amides is 1. The fraction of sp³-hybridized carbons (Fsp3) is 0.442. The van der Waals surface area contributed by atoms with Gasteiger partial charge in [0.2, 0.25) is 5.91 Å². The molecule has 1 unspecified atom stereocenters. The van der Waals surface area contributed by atoms with Crippen LogP contribution < -0.4 is 4.74 Å². The van der Waals surface area contributed by atoms with Gasteiger partial charge in [-0.1, -0.05) is 88.4 Å². The van der Waals surface area contributed by atoms with Gasteiger partial charge in [0.05, 0.1) is 0 Å². The predicted molar refractivity (Wildman–Crippen MR) is 204 cm³/mol. The van der Waals surface area contributed by atoms with Gasteiger partial charge in [-0.05, 0) is 104 Å². The van der Waals surface area contributed by atoms with Gasteiger partial charge in [-0.15, -0.1) is 0 Å². The first-order valence-corrected chi connectivity index (χ1v) is 17.9. The highest BCUT2D eigenvalue weighted by atomic mass is 16.5. The first kappa shape index (κ1) is 37.8. The second kappa shape index (κ2) is 17.6.